The maximum absolute atomic E-state index is 12.4. The van der Waals surface area contributed by atoms with Crippen LogP contribution in [0.15, 0.2) is 0 Å². The van der Waals surface area contributed by atoms with E-state index in [-0.39, 0.29) is 7.28 Å². The van der Waals surface area contributed by atoms with Crippen LogP contribution in [0.4, 0.5) is 4.32 Å². The number of rotatable bonds is 4. The molecule has 0 aliphatic carbocycles. The van der Waals surface area contributed by atoms with Crippen molar-refractivity contribution in [2.75, 3.05) is 18.5 Å². The van der Waals surface area contributed by atoms with Crippen molar-refractivity contribution in [1.29, 1.82) is 0 Å². The van der Waals surface area contributed by atoms with Crippen LogP contribution in [-0.2, 0) is 0 Å². The van der Waals surface area contributed by atoms with Gasteiger partial charge in [0.05, 0.1) is 0 Å². The van der Waals surface area contributed by atoms with Crippen LogP contribution in [0.2, 0.25) is 0 Å². The summed E-state index contributed by atoms with van der Waals surface area (Å²) in [6.07, 6.45) is 3.32. The minimum absolute atomic E-state index is 0.0174. The zero-order valence-electron chi connectivity index (χ0n) is 6.71. The van der Waals surface area contributed by atoms with E-state index >= 15 is 0 Å². The predicted octanol–water partition coefficient (Wildman–Crippen LogP) is 2.03. The summed E-state index contributed by atoms with van der Waals surface area (Å²) in [5, 5.41) is 0. The Bertz CT molecular complexity index is 55.9. The van der Waals surface area contributed by atoms with Gasteiger partial charge in [-0.05, 0) is 0 Å². The average Bonchev–Trinajstić information content (AvgIpc) is 1.95. The fourth-order valence-electron chi connectivity index (χ4n) is 1.03. The fraction of sp³-hybridized carbons (Fsp3) is 1.00. The molecule has 0 heterocycles. The normalized spacial score (nSPS) is 13.3. The van der Waals surface area contributed by atoms with E-state index in [1.807, 2.05) is 0 Å². The Morgan fingerprint density at radius 3 is 1.44 bits per heavy atom. The Labute approximate surface area is 58.8 Å². The van der Waals surface area contributed by atoms with Crippen molar-refractivity contribution in [2.45, 2.75) is 20.8 Å². The van der Waals surface area contributed by atoms with Gasteiger partial charge in [-0.3, -0.25) is 0 Å². The second-order valence-electron chi connectivity index (χ2n) is 2.69. The third kappa shape index (κ3) is 2.25. The minimum atomic E-state index is -1.36. The maximum atomic E-state index is 12.4. The first-order valence-corrected chi connectivity index (χ1v) is 6.63. The molecule has 3 heteroatoms. The summed E-state index contributed by atoms with van der Waals surface area (Å²) in [5.74, 6) is 0. The molecule has 0 fully saturated rings. The third-order valence-corrected chi connectivity index (χ3v) is 7.60. The quantitative estimate of drug-likeness (QED) is 0.424. The van der Waals surface area contributed by atoms with E-state index in [1.165, 1.54) is 0 Å². The summed E-state index contributed by atoms with van der Waals surface area (Å²) in [6, 6.07) is 0. The molecule has 0 unspecified atom stereocenters. The molecule has 0 radical (unpaired) electrons. The van der Waals surface area contributed by atoms with Gasteiger partial charge in [-0.1, -0.05) is 0 Å². The van der Waals surface area contributed by atoms with Crippen LogP contribution in [-0.4, -0.2) is 25.8 Å². The fourth-order valence-corrected chi connectivity index (χ4v) is 3.10. The molecule has 0 N–H and O–H groups in total. The van der Waals surface area contributed by atoms with Crippen LogP contribution in [0.1, 0.15) is 20.8 Å². The van der Waals surface area contributed by atoms with Gasteiger partial charge in [0, 0.05) is 0 Å². The van der Waals surface area contributed by atoms with Crippen LogP contribution in [0.25, 0.3) is 0 Å². The first-order valence-electron chi connectivity index (χ1n) is 3.80. The molecule has 0 aromatic heterocycles. The monoisotopic (exact) mass is 150 g/mol. The summed E-state index contributed by atoms with van der Waals surface area (Å²) in [7, 11) is -1.38. The molecule has 56 valence electrons. The molecule has 9 heavy (non-hydrogen) atoms. The van der Waals surface area contributed by atoms with Crippen molar-refractivity contribution < 1.29 is 4.32 Å². The molecule has 0 saturated heterocycles. The molecule has 0 aliphatic rings. The third-order valence-electron chi connectivity index (χ3n) is 2.53. The van der Waals surface area contributed by atoms with Crippen LogP contribution in [0, 0.1) is 0 Å². The zero-order chi connectivity index (χ0) is 7.33. The van der Waals surface area contributed by atoms with Gasteiger partial charge in [0.2, 0.25) is 0 Å². The van der Waals surface area contributed by atoms with Crippen molar-refractivity contribution >= 4 is 14.4 Å². The van der Waals surface area contributed by atoms with Crippen molar-refractivity contribution in [2.24, 2.45) is 0 Å². The Balaban J connectivity index is 3.82. The summed E-state index contributed by atoms with van der Waals surface area (Å²) in [5.41, 5.74) is 0. The van der Waals surface area contributed by atoms with Crippen LogP contribution in [0.3, 0.4) is 0 Å². The van der Waals surface area contributed by atoms with Gasteiger partial charge in [-0.25, -0.2) is 0 Å². The van der Waals surface area contributed by atoms with Crippen molar-refractivity contribution in [3.8, 4) is 0 Å². The van der Waals surface area contributed by atoms with Gasteiger partial charge in [0.15, 0.2) is 0 Å². The Kier molecular flexibility index (Phi) is 4.48. The summed E-state index contributed by atoms with van der Waals surface area (Å²) in [6.45, 7) is 6.37. The van der Waals surface area contributed by atoms with Gasteiger partial charge in [-0.2, -0.15) is 0 Å². The van der Waals surface area contributed by atoms with Gasteiger partial charge in [0.1, 0.15) is 0 Å². The first kappa shape index (κ1) is 9.42. The van der Waals surface area contributed by atoms with Gasteiger partial charge >= 0.3 is 58.0 Å². The molecule has 0 amide bonds. The summed E-state index contributed by atoms with van der Waals surface area (Å²) >= 11 is 0. The molecule has 0 atom stereocenters. The topological polar surface area (TPSA) is 0 Å². The first-order chi connectivity index (χ1) is 4.24. The summed E-state index contributed by atoms with van der Waals surface area (Å²) < 4.78 is 12.4. The van der Waals surface area contributed by atoms with E-state index in [9.17, 15) is 4.32 Å². The standard InChI is InChI=1S/C6H17BFP/c1-4-9(5-2,6-3)7-8/h7,9H,4-6H2,1-3H3. The molecule has 0 rings (SSSR count). The van der Waals surface area contributed by atoms with Crippen molar-refractivity contribution in [3.05, 3.63) is 0 Å². The molecule has 0 bridgehead atoms. The zero-order valence-corrected chi connectivity index (χ0v) is 7.71. The summed E-state index contributed by atoms with van der Waals surface area (Å²) in [4.78, 5) is 0. The molecule has 0 aromatic carbocycles. The van der Waals surface area contributed by atoms with Gasteiger partial charge < -0.3 is 0 Å². The van der Waals surface area contributed by atoms with Crippen LogP contribution < -0.4 is 0 Å². The number of hydrogen-bond donors (Lipinski definition) is 0. The molecular formula is C6H17BFP. The predicted molar refractivity (Wildman–Crippen MR) is 48.2 cm³/mol. The van der Waals surface area contributed by atoms with Crippen LogP contribution >= 0.6 is 7.14 Å². The van der Waals surface area contributed by atoms with Gasteiger partial charge in [-0.15, -0.1) is 0 Å². The molecule has 0 nitrogen and oxygen atoms in total. The number of hydrogen-bond acceptors (Lipinski definition) is 0. The van der Waals surface area contributed by atoms with Crippen molar-refractivity contribution in [3.63, 3.8) is 0 Å². The molecule has 0 aliphatic heterocycles. The van der Waals surface area contributed by atoms with Crippen molar-refractivity contribution in [1.82, 2.24) is 0 Å². The van der Waals surface area contributed by atoms with E-state index in [2.05, 4.69) is 20.8 Å². The van der Waals surface area contributed by atoms with E-state index in [1.54, 1.807) is 0 Å². The van der Waals surface area contributed by atoms with E-state index in [0.717, 1.165) is 18.5 Å². The van der Waals surface area contributed by atoms with E-state index < -0.39 is 7.14 Å². The van der Waals surface area contributed by atoms with Crippen LogP contribution in [0.5, 0.6) is 0 Å². The molecule has 0 spiro atoms. The van der Waals surface area contributed by atoms with Gasteiger partial charge in [0.25, 0.3) is 0 Å². The Hall–Kier alpha value is 0.425. The molecular weight excluding hydrogens is 133 g/mol. The average molecular weight is 150 g/mol. The van der Waals surface area contributed by atoms with E-state index in [0.29, 0.717) is 0 Å². The molecule has 0 saturated carbocycles. The number of halogens is 1. The Morgan fingerprint density at radius 2 is 1.44 bits per heavy atom. The molecule has 0 aromatic rings. The SMILES string of the molecule is CC[PH](BF)(CC)CC. The Morgan fingerprint density at radius 1 is 1.11 bits per heavy atom. The van der Waals surface area contributed by atoms with E-state index in [4.69, 9.17) is 0 Å². The second-order valence-corrected chi connectivity index (χ2v) is 8.08. The second kappa shape index (κ2) is 4.27.